The molecule has 7 heteroatoms. The first kappa shape index (κ1) is 11.3. The van der Waals surface area contributed by atoms with E-state index in [1.54, 1.807) is 18.4 Å². The second-order valence-corrected chi connectivity index (χ2v) is 4.05. The van der Waals surface area contributed by atoms with E-state index in [4.69, 9.17) is 9.62 Å². The van der Waals surface area contributed by atoms with E-state index in [9.17, 15) is 4.79 Å². The number of hydrogen-bond acceptors (Lipinski definition) is 6. The van der Waals surface area contributed by atoms with E-state index in [1.807, 2.05) is 0 Å². The number of carbonyl (C=O) groups is 1. The van der Waals surface area contributed by atoms with Crippen LogP contribution in [0.2, 0.25) is 0 Å². The topological polar surface area (TPSA) is 87.7 Å². The SMILES string of the molecule is CC(=NO)c1csc(NC(=O)c2ccoc2)n1. The molecule has 2 aromatic rings. The van der Waals surface area contributed by atoms with E-state index in [1.165, 1.54) is 23.9 Å². The van der Waals surface area contributed by atoms with Gasteiger partial charge in [0.25, 0.3) is 5.91 Å². The highest BCUT2D eigenvalue weighted by Crippen LogP contribution is 2.17. The minimum atomic E-state index is -0.293. The molecule has 2 aromatic heterocycles. The Kier molecular flexibility index (Phi) is 3.20. The molecule has 0 saturated heterocycles. The lowest BCUT2D eigenvalue weighted by molar-refractivity contribution is 0.102. The molecule has 0 aliphatic carbocycles. The lowest BCUT2D eigenvalue weighted by atomic mass is 10.3. The van der Waals surface area contributed by atoms with Gasteiger partial charge in [-0.1, -0.05) is 5.16 Å². The first-order valence-electron chi connectivity index (χ1n) is 4.69. The summed E-state index contributed by atoms with van der Waals surface area (Å²) in [6, 6.07) is 1.56. The van der Waals surface area contributed by atoms with E-state index < -0.39 is 0 Å². The van der Waals surface area contributed by atoms with Crippen molar-refractivity contribution in [3.8, 4) is 0 Å². The number of rotatable bonds is 3. The number of thiazole rings is 1. The standard InChI is InChI=1S/C10H9N3O3S/c1-6(13-15)8-5-17-10(11-8)12-9(14)7-2-3-16-4-7/h2-5,15H,1H3,(H,11,12,14). The summed E-state index contributed by atoms with van der Waals surface area (Å²) in [6.07, 6.45) is 2.77. The quantitative estimate of drug-likeness (QED) is 0.497. The largest absolute Gasteiger partial charge is 0.472 e. The third kappa shape index (κ3) is 2.51. The minimum absolute atomic E-state index is 0.293. The fourth-order valence-corrected chi connectivity index (χ4v) is 1.86. The highest BCUT2D eigenvalue weighted by Gasteiger charge is 2.10. The van der Waals surface area contributed by atoms with Crippen molar-refractivity contribution in [1.29, 1.82) is 0 Å². The van der Waals surface area contributed by atoms with Crippen LogP contribution in [0.4, 0.5) is 5.13 Å². The summed E-state index contributed by atoms with van der Waals surface area (Å²) in [4.78, 5) is 15.7. The predicted octanol–water partition coefficient (Wildman–Crippen LogP) is 2.19. The molecule has 0 bridgehead atoms. The van der Waals surface area contributed by atoms with Crippen molar-refractivity contribution < 1.29 is 14.4 Å². The van der Waals surface area contributed by atoms with Gasteiger partial charge >= 0.3 is 0 Å². The van der Waals surface area contributed by atoms with E-state index in [2.05, 4.69) is 15.5 Å². The number of carbonyl (C=O) groups excluding carboxylic acids is 1. The van der Waals surface area contributed by atoms with E-state index >= 15 is 0 Å². The molecule has 0 atom stereocenters. The minimum Gasteiger partial charge on any atom is -0.472 e. The average Bonchev–Trinajstić information content (AvgIpc) is 2.98. The maximum Gasteiger partial charge on any atom is 0.260 e. The molecule has 17 heavy (non-hydrogen) atoms. The van der Waals surface area contributed by atoms with Crippen molar-refractivity contribution in [2.24, 2.45) is 5.16 Å². The van der Waals surface area contributed by atoms with Crippen LogP contribution in [0.1, 0.15) is 23.0 Å². The van der Waals surface area contributed by atoms with Gasteiger partial charge in [0.2, 0.25) is 0 Å². The molecule has 0 unspecified atom stereocenters. The average molecular weight is 251 g/mol. The fraction of sp³-hybridized carbons (Fsp3) is 0.100. The van der Waals surface area contributed by atoms with Crippen LogP contribution in [0.15, 0.2) is 33.5 Å². The summed E-state index contributed by atoms with van der Waals surface area (Å²) in [7, 11) is 0. The van der Waals surface area contributed by atoms with Crippen LogP contribution in [-0.2, 0) is 0 Å². The molecule has 0 fully saturated rings. The van der Waals surface area contributed by atoms with Gasteiger partial charge in [-0.25, -0.2) is 4.98 Å². The summed E-state index contributed by atoms with van der Waals surface area (Å²) < 4.78 is 4.80. The van der Waals surface area contributed by atoms with Gasteiger partial charge in [0, 0.05) is 5.38 Å². The van der Waals surface area contributed by atoms with Crippen molar-refractivity contribution in [3.63, 3.8) is 0 Å². The predicted molar refractivity (Wildman–Crippen MR) is 62.8 cm³/mol. The third-order valence-electron chi connectivity index (χ3n) is 2.03. The summed E-state index contributed by atoms with van der Waals surface area (Å²) in [6.45, 7) is 1.62. The lowest BCUT2D eigenvalue weighted by Gasteiger charge is -1.97. The summed E-state index contributed by atoms with van der Waals surface area (Å²) in [5.41, 5.74) is 1.35. The second kappa shape index (κ2) is 4.79. The van der Waals surface area contributed by atoms with Crippen LogP contribution in [0.5, 0.6) is 0 Å². The van der Waals surface area contributed by atoms with E-state index in [-0.39, 0.29) is 5.91 Å². The molecule has 1 amide bonds. The summed E-state index contributed by atoms with van der Waals surface area (Å²) >= 11 is 1.25. The Morgan fingerprint density at radius 1 is 1.65 bits per heavy atom. The lowest BCUT2D eigenvalue weighted by Crippen LogP contribution is -2.10. The molecule has 6 nitrogen and oxygen atoms in total. The van der Waals surface area contributed by atoms with Crippen molar-refractivity contribution in [1.82, 2.24) is 4.98 Å². The van der Waals surface area contributed by atoms with Gasteiger partial charge in [0.15, 0.2) is 5.13 Å². The summed E-state index contributed by atoms with van der Waals surface area (Å²) in [5.74, 6) is -0.293. The first-order chi connectivity index (χ1) is 8.20. The molecule has 0 saturated carbocycles. The first-order valence-corrected chi connectivity index (χ1v) is 5.57. The van der Waals surface area contributed by atoms with Crippen LogP contribution >= 0.6 is 11.3 Å². The highest BCUT2D eigenvalue weighted by atomic mass is 32.1. The molecule has 2 N–H and O–H groups in total. The van der Waals surface area contributed by atoms with Gasteiger partial charge in [-0.3, -0.25) is 10.1 Å². The van der Waals surface area contributed by atoms with Crippen molar-refractivity contribution in [2.45, 2.75) is 6.92 Å². The monoisotopic (exact) mass is 251 g/mol. The Morgan fingerprint density at radius 2 is 2.47 bits per heavy atom. The Hall–Kier alpha value is -2.15. The maximum atomic E-state index is 11.6. The van der Waals surface area contributed by atoms with Crippen LogP contribution in [0.25, 0.3) is 0 Å². The molecular formula is C10H9N3O3S. The molecule has 0 aliphatic heterocycles. The molecule has 2 rings (SSSR count). The molecule has 88 valence electrons. The van der Waals surface area contributed by atoms with Gasteiger partial charge in [-0.2, -0.15) is 0 Å². The van der Waals surface area contributed by atoms with Gasteiger partial charge < -0.3 is 9.62 Å². The second-order valence-electron chi connectivity index (χ2n) is 3.19. The summed E-state index contributed by atoms with van der Waals surface area (Å²) in [5, 5.41) is 16.4. The van der Waals surface area contributed by atoms with Gasteiger partial charge in [-0.15, -0.1) is 11.3 Å². The Balaban J connectivity index is 2.10. The van der Waals surface area contributed by atoms with Crippen LogP contribution in [0.3, 0.4) is 0 Å². The number of anilines is 1. The van der Waals surface area contributed by atoms with E-state index in [0.29, 0.717) is 22.1 Å². The number of amides is 1. The number of hydrogen-bond donors (Lipinski definition) is 2. The van der Waals surface area contributed by atoms with E-state index in [0.717, 1.165) is 0 Å². The molecular weight excluding hydrogens is 242 g/mol. The van der Waals surface area contributed by atoms with Crippen LogP contribution in [-0.4, -0.2) is 21.8 Å². The molecule has 0 radical (unpaired) electrons. The van der Waals surface area contributed by atoms with Crippen molar-refractivity contribution >= 4 is 28.1 Å². The zero-order chi connectivity index (χ0) is 12.3. The zero-order valence-electron chi connectivity index (χ0n) is 8.88. The number of furan rings is 1. The van der Waals surface area contributed by atoms with Gasteiger partial charge in [-0.05, 0) is 13.0 Å². The molecule has 2 heterocycles. The Labute approximate surface area is 101 Å². The zero-order valence-corrected chi connectivity index (χ0v) is 9.69. The number of nitrogens with one attached hydrogen (secondary N) is 1. The van der Waals surface area contributed by atoms with Crippen LogP contribution in [0, 0.1) is 0 Å². The highest BCUT2D eigenvalue weighted by molar-refractivity contribution is 7.14. The Morgan fingerprint density at radius 3 is 3.12 bits per heavy atom. The van der Waals surface area contributed by atoms with Crippen LogP contribution < -0.4 is 5.32 Å². The number of oxime groups is 1. The molecule has 0 aliphatic rings. The Bertz CT molecular complexity index is 545. The van der Waals surface area contributed by atoms with Gasteiger partial charge in [0.1, 0.15) is 17.7 Å². The van der Waals surface area contributed by atoms with Crippen molar-refractivity contribution in [3.05, 3.63) is 35.2 Å². The fourth-order valence-electron chi connectivity index (χ4n) is 1.11. The maximum absolute atomic E-state index is 11.6. The smallest absolute Gasteiger partial charge is 0.260 e. The third-order valence-corrected chi connectivity index (χ3v) is 2.79. The van der Waals surface area contributed by atoms with Crippen molar-refractivity contribution in [2.75, 3.05) is 5.32 Å². The molecule has 0 aromatic carbocycles. The molecule has 0 spiro atoms. The number of aromatic nitrogens is 1. The normalized spacial score (nSPS) is 11.5. The van der Waals surface area contributed by atoms with Gasteiger partial charge in [0.05, 0.1) is 11.8 Å². The number of nitrogens with zero attached hydrogens (tertiary/aromatic N) is 2.